The SMILES string of the molecule is CCOCC(=O)NCC1CCCC1Cl. The Morgan fingerprint density at radius 2 is 2.36 bits per heavy atom. The maximum absolute atomic E-state index is 11.2. The molecule has 1 N–H and O–H groups in total. The Hall–Kier alpha value is -0.280. The Balaban J connectivity index is 2.10. The van der Waals surface area contributed by atoms with Crippen molar-refractivity contribution in [2.45, 2.75) is 31.6 Å². The van der Waals surface area contributed by atoms with E-state index in [1.165, 1.54) is 6.42 Å². The van der Waals surface area contributed by atoms with Crippen LogP contribution in [0, 0.1) is 5.92 Å². The van der Waals surface area contributed by atoms with E-state index in [0.29, 0.717) is 19.1 Å². The summed E-state index contributed by atoms with van der Waals surface area (Å²) in [6, 6.07) is 0. The highest BCUT2D eigenvalue weighted by Gasteiger charge is 2.25. The van der Waals surface area contributed by atoms with E-state index >= 15 is 0 Å². The van der Waals surface area contributed by atoms with Crippen molar-refractivity contribution in [2.75, 3.05) is 19.8 Å². The smallest absolute Gasteiger partial charge is 0.246 e. The molecule has 1 aliphatic carbocycles. The molecule has 0 spiro atoms. The minimum atomic E-state index is -0.0392. The van der Waals surface area contributed by atoms with Gasteiger partial charge < -0.3 is 10.1 Å². The molecular weight excluding hydrogens is 202 g/mol. The molecule has 0 aromatic rings. The third-order valence-electron chi connectivity index (χ3n) is 2.57. The van der Waals surface area contributed by atoms with Gasteiger partial charge in [-0.2, -0.15) is 0 Å². The molecule has 0 saturated heterocycles. The number of carbonyl (C=O) groups is 1. The molecule has 0 heterocycles. The van der Waals surface area contributed by atoms with Crippen LogP contribution in [-0.2, 0) is 9.53 Å². The minimum Gasteiger partial charge on any atom is -0.372 e. The molecule has 14 heavy (non-hydrogen) atoms. The summed E-state index contributed by atoms with van der Waals surface area (Å²) in [4.78, 5) is 11.2. The van der Waals surface area contributed by atoms with Crippen molar-refractivity contribution in [3.05, 3.63) is 0 Å². The number of amides is 1. The third kappa shape index (κ3) is 3.84. The van der Waals surface area contributed by atoms with Gasteiger partial charge in [-0.25, -0.2) is 0 Å². The van der Waals surface area contributed by atoms with Gasteiger partial charge in [0.15, 0.2) is 0 Å². The predicted molar refractivity (Wildman–Crippen MR) is 56.5 cm³/mol. The fourth-order valence-electron chi connectivity index (χ4n) is 1.71. The lowest BCUT2D eigenvalue weighted by molar-refractivity contribution is -0.125. The summed E-state index contributed by atoms with van der Waals surface area (Å²) in [6.07, 6.45) is 3.39. The van der Waals surface area contributed by atoms with Gasteiger partial charge in [-0.3, -0.25) is 4.79 Å². The van der Waals surface area contributed by atoms with Crippen molar-refractivity contribution in [3.8, 4) is 0 Å². The van der Waals surface area contributed by atoms with Gasteiger partial charge in [-0.1, -0.05) is 6.42 Å². The summed E-state index contributed by atoms with van der Waals surface area (Å²) in [5.41, 5.74) is 0. The Morgan fingerprint density at radius 3 is 2.93 bits per heavy atom. The molecule has 1 amide bonds. The molecule has 0 radical (unpaired) electrons. The third-order valence-corrected chi connectivity index (χ3v) is 3.14. The zero-order valence-corrected chi connectivity index (χ0v) is 9.35. The molecule has 3 nitrogen and oxygen atoms in total. The second-order valence-corrected chi connectivity index (χ2v) is 4.21. The molecule has 1 fully saturated rings. The second-order valence-electron chi connectivity index (χ2n) is 3.65. The molecule has 0 bridgehead atoms. The molecule has 82 valence electrons. The topological polar surface area (TPSA) is 38.3 Å². The number of hydrogen-bond acceptors (Lipinski definition) is 2. The van der Waals surface area contributed by atoms with Crippen molar-refractivity contribution < 1.29 is 9.53 Å². The largest absolute Gasteiger partial charge is 0.372 e. The highest BCUT2D eigenvalue weighted by molar-refractivity contribution is 6.20. The van der Waals surface area contributed by atoms with Crippen molar-refractivity contribution in [1.82, 2.24) is 5.32 Å². The molecular formula is C10H18ClNO2. The molecule has 2 unspecified atom stereocenters. The van der Waals surface area contributed by atoms with Gasteiger partial charge in [0.05, 0.1) is 0 Å². The lowest BCUT2D eigenvalue weighted by atomic mass is 10.1. The van der Waals surface area contributed by atoms with E-state index in [9.17, 15) is 4.79 Å². The van der Waals surface area contributed by atoms with E-state index in [2.05, 4.69) is 5.32 Å². The first-order valence-corrected chi connectivity index (χ1v) is 5.66. The molecule has 0 aromatic carbocycles. The molecule has 1 aliphatic rings. The number of nitrogens with one attached hydrogen (secondary N) is 1. The van der Waals surface area contributed by atoms with E-state index in [0.717, 1.165) is 12.8 Å². The van der Waals surface area contributed by atoms with Gasteiger partial charge in [0.1, 0.15) is 6.61 Å². The quantitative estimate of drug-likeness (QED) is 0.713. The van der Waals surface area contributed by atoms with Crippen molar-refractivity contribution >= 4 is 17.5 Å². The van der Waals surface area contributed by atoms with E-state index in [1.807, 2.05) is 6.92 Å². The van der Waals surface area contributed by atoms with Gasteiger partial charge in [0.2, 0.25) is 5.91 Å². The van der Waals surface area contributed by atoms with E-state index in [1.54, 1.807) is 0 Å². The van der Waals surface area contributed by atoms with Crippen molar-refractivity contribution in [2.24, 2.45) is 5.92 Å². The summed E-state index contributed by atoms with van der Waals surface area (Å²) in [6.45, 7) is 3.31. The predicted octanol–water partition coefficient (Wildman–Crippen LogP) is 1.55. The Bertz CT molecular complexity index is 187. The van der Waals surface area contributed by atoms with Crippen LogP contribution in [0.4, 0.5) is 0 Å². The molecule has 1 rings (SSSR count). The number of carbonyl (C=O) groups excluding carboxylic acids is 1. The first-order chi connectivity index (χ1) is 6.74. The number of hydrogen-bond donors (Lipinski definition) is 1. The van der Waals surface area contributed by atoms with Crippen LogP contribution in [0.15, 0.2) is 0 Å². The van der Waals surface area contributed by atoms with Gasteiger partial charge in [-0.05, 0) is 25.7 Å². The lowest BCUT2D eigenvalue weighted by Crippen LogP contribution is -2.33. The fourth-order valence-corrected chi connectivity index (χ4v) is 2.08. The number of halogens is 1. The fraction of sp³-hybridized carbons (Fsp3) is 0.900. The summed E-state index contributed by atoms with van der Waals surface area (Å²) < 4.78 is 4.99. The van der Waals surface area contributed by atoms with Gasteiger partial charge >= 0.3 is 0 Å². The first kappa shape index (κ1) is 11.8. The second kappa shape index (κ2) is 6.25. The normalized spacial score (nSPS) is 26.4. The monoisotopic (exact) mass is 219 g/mol. The van der Waals surface area contributed by atoms with Gasteiger partial charge in [-0.15, -0.1) is 11.6 Å². The van der Waals surface area contributed by atoms with Crippen LogP contribution in [0.3, 0.4) is 0 Å². The van der Waals surface area contributed by atoms with Crippen LogP contribution >= 0.6 is 11.6 Å². The zero-order chi connectivity index (χ0) is 10.4. The molecule has 4 heteroatoms. The maximum Gasteiger partial charge on any atom is 0.246 e. The average molecular weight is 220 g/mol. The standard InChI is InChI=1S/C10H18ClNO2/c1-2-14-7-10(13)12-6-8-4-3-5-9(8)11/h8-9H,2-7H2,1H3,(H,12,13). The highest BCUT2D eigenvalue weighted by atomic mass is 35.5. The Kier molecular flexibility index (Phi) is 5.26. The zero-order valence-electron chi connectivity index (χ0n) is 8.59. The average Bonchev–Trinajstić information content (AvgIpc) is 2.58. The summed E-state index contributed by atoms with van der Waals surface area (Å²) >= 11 is 6.08. The van der Waals surface area contributed by atoms with Crippen LogP contribution in [0.25, 0.3) is 0 Å². The first-order valence-electron chi connectivity index (χ1n) is 5.22. The Labute approximate surface area is 90.1 Å². The van der Waals surface area contributed by atoms with Crippen LogP contribution in [0.2, 0.25) is 0 Å². The number of rotatable bonds is 5. The minimum absolute atomic E-state index is 0.0392. The molecule has 0 aliphatic heterocycles. The lowest BCUT2D eigenvalue weighted by Gasteiger charge is -2.14. The summed E-state index contributed by atoms with van der Waals surface area (Å²) in [5.74, 6) is 0.407. The molecule has 0 aromatic heterocycles. The van der Waals surface area contributed by atoms with Crippen LogP contribution in [0.1, 0.15) is 26.2 Å². The summed E-state index contributed by atoms with van der Waals surface area (Å²) in [7, 11) is 0. The Morgan fingerprint density at radius 1 is 1.57 bits per heavy atom. The maximum atomic E-state index is 11.2. The van der Waals surface area contributed by atoms with Crippen molar-refractivity contribution in [1.29, 1.82) is 0 Å². The van der Waals surface area contributed by atoms with Gasteiger partial charge in [0, 0.05) is 18.5 Å². The van der Waals surface area contributed by atoms with Crippen LogP contribution in [-0.4, -0.2) is 31.0 Å². The van der Waals surface area contributed by atoms with Crippen LogP contribution in [0.5, 0.6) is 0 Å². The van der Waals surface area contributed by atoms with Crippen molar-refractivity contribution in [3.63, 3.8) is 0 Å². The van der Waals surface area contributed by atoms with Crippen LogP contribution < -0.4 is 5.32 Å². The van der Waals surface area contributed by atoms with E-state index < -0.39 is 0 Å². The van der Waals surface area contributed by atoms with Gasteiger partial charge in [0.25, 0.3) is 0 Å². The number of alkyl halides is 1. The highest BCUT2D eigenvalue weighted by Crippen LogP contribution is 2.29. The van der Waals surface area contributed by atoms with E-state index in [-0.39, 0.29) is 17.9 Å². The number of ether oxygens (including phenoxy) is 1. The molecule has 2 atom stereocenters. The van der Waals surface area contributed by atoms with E-state index in [4.69, 9.17) is 16.3 Å². The molecule has 1 saturated carbocycles. The summed E-state index contributed by atoms with van der Waals surface area (Å²) in [5, 5.41) is 3.08.